The van der Waals surface area contributed by atoms with Crippen molar-refractivity contribution in [3.63, 3.8) is 0 Å². The molecule has 1 heterocycles. The van der Waals surface area contributed by atoms with Crippen molar-refractivity contribution in [2.45, 2.75) is 13.5 Å². The highest BCUT2D eigenvalue weighted by Gasteiger charge is 2.08. The Morgan fingerprint density at radius 2 is 2.12 bits per heavy atom. The van der Waals surface area contributed by atoms with Crippen LogP contribution >= 0.6 is 22.9 Å². The molecule has 0 saturated heterocycles. The number of nitrogens with zero attached hydrogens (tertiary/aromatic N) is 1. The fraction of sp³-hybridized carbons (Fsp3) is 0.100. The highest BCUT2D eigenvalue weighted by molar-refractivity contribution is 7.10. The zero-order valence-corrected chi connectivity index (χ0v) is 15.6. The van der Waals surface area contributed by atoms with Crippen molar-refractivity contribution in [2.75, 3.05) is 5.32 Å². The van der Waals surface area contributed by atoms with E-state index in [1.54, 1.807) is 17.4 Å². The summed E-state index contributed by atoms with van der Waals surface area (Å²) in [6, 6.07) is 13.5. The van der Waals surface area contributed by atoms with E-state index in [0.29, 0.717) is 11.6 Å². The zero-order valence-electron chi connectivity index (χ0n) is 14.1. The van der Waals surface area contributed by atoms with Gasteiger partial charge in [0.15, 0.2) is 0 Å². The minimum atomic E-state index is -0.954. The van der Waals surface area contributed by atoms with Gasteiger partial charge in [0.1, 0.15) is 5.01 Å². The standard InChI is InChI=1S/C20H17ClN2O2S/c1-13-10-15(8-6-14(13)7-9-20(24)25)22-11-19-23-18(12-26-19)16-4-2-3-5-17(16)21/h2-10,12,22H,11H2,1H3,(H,24,25). The van der Waals surface area contributed by atoms with Gasteiger partial charge >= 0.3 is 5.97 Å². The number of aryl methyl sites for hydroxylation is 1. The van der Waals surface area contributed by atoms with Crippen LogP contribution in [0.4, 0.5) is 5.69 Å². The van der Waals surface area contributed by atoms with Gasteiger partial charge in [0.25, 0.3) is 0 Å². The van der Waals surface area contributed by atoms with Crippen molar-refractivity contribution < 1.29 is 9.90 Å². The second-order valence-electron chi connectivity index (χ2n) is 5.70. The molecule has 26 heavy (non-hydrogen) atoms. The predicted molar refractivity (Wildman–Crippen MR) is 108 cm³/mol. The van der Waals surface area contributed by atoms with Crippen molar-refractivity contribution in [1.29, 1.82) is 0 Å². The topological polar surface area (TPSA) is 62.2 Å². The van der Waals surface area contributed by atoms with Gasteiger partial charge in [-0.1, -0.05) is 35.9 Å². The lowest BCUT2D eigenvalue weighted by Gasteiger charge is -2.07. The number of thiazole rings is 1. The van der Waals surface area contributed by atoms with E-state index in [1.165, 1.54) is 0 Å². The maximum atomic E-state index is 10.6. The third-order valence-electron chi connectivity index (χ3n) is 3.82. The van der Waals surface area contributed by atoms with Crippen molar-refractivity contribution in [3.8, 4) is 11.3 Å². The number of halogens is 1. The largest absolute Gasteiger partial charge is 0.478 e. The summed E-state index contributed by atoms with van der Waals surface area (Å²) in [5.41, 5.74) is 4.66. The highest BCUT2D eigenvalue weighted by atomic mass is 35.5. The van der Waals surface area contributed by atoms with Crippen LogP contribution in [0.1, 0.15) is 16.1 Å². The molecule has 0 aliphatic rings. The quantitative estimate of drug-likeness (QED) is 0.552. The summed E-state index contributed by atoms with van der Waals surface area (Å²) in [5.74, 6) is -0.954. The Bertz CT molecular complexity index is 966. The van der Waals surface area contributed by atoms with Crippen molar-refractivity contribution in [2.24, 2.45) is 0 Å². The molecule has 0 amide bonds. The number of carboxylic acid groups (broad SMARTS) is 1. The number of carboxylic acids is 1. The number of benzene rings is 2. The zero-order chi connectivity index (χ0) is 18.5. The summed E-state index contributed by atoms with van der Waals surface area (Å²) in [4.78, 5) is 15.3. The smallest absolute Gasteiger partial charge is 0.328 e. The van der Waals surface area contributed by atoms with Gasteiger partial charge in [-0.05, 0) is 42.3 Å². The summed E-state index contributed by atoms with van der Waals surface area (Å²) in [7, 11) is 0. The second kappa shape index (κ2) is 8.17. The minimum absolute atomic E-state index is 0.610. The van der Waals surface area contributed by atoms with E-state index in [4.69, 9.17) is 16.7 Å². The number of hydrogen-bond donors (Lipinski definition) is 2. The average Bonchev–Trinajstić information content (AvgIpc) is 3.08. The number of hydrogen-bond acceptors (Lipinski definition) is 4. The Kier molecular flexibility index (Phi) is 5.71. The first-order valence-corrected chi connectivity index (χ1v) is 9.23. The Labute approximate surface area is 160 Å². The molecule has 0 aliphatic heterocycles. The Hall–Kier alpha value is -2.63. The first-order chi connectivity index (χ1) is 12.5. The Morgan fingerprint density at radius 1 is 1.31 bits per heavy atom. The maximum absolute atomic E-state index is 10.6. The van der Waals surface area contributed by atoms with Crippen molar-refractivity contribution in [3.05, 3.63) is 75.1 Å². The summed E-state index contributed by atoms with van der Waals surface area (Å²) >= 11 is 7.81. The molecule has 0 fully saturated rings. The molecule has 1 aromatic heterocycles. The first-order valence-electron chi connectivity index (χ1n) is 7.98. The summed E-state index contributed by atoms with van der Waals surface area (Å²) in [6.45, 7) is 2.56. The normalized spacial score (nSPS) is 11.0. The number of aliphatic carboxylic acids is 1. The van der Waals surface area contributed by atoms with Crippen LogP contribution in [0.2, 0.25) is 5.02 Å². The maximum Gasteiger partial charge on any atom is 0.328 e. The molecule has 2 aromatic carbocycles. The van der Waals surface area contributed by atoms with E-state index in [2.05, 4.69) is 10.3 Å². The molecule has 0 unspecified atom stereocenters. The van der Waals surface area contributed by atoms with Crippen LogP contribution in [-0.2, 0) is 11.3 Å². The van der Waals surface area contributed by atoms with Crippen LogP contribution in [0, 0.1) is 6.92 Å². The van der Waals surface area contributed by atoms with Gasteiger partial charge in [0, 0.05) is 27.7 Å². The molecule has 0 aliphatic carbocycles. The second-order valence-corrected chi connectivity index (χ2v) is 7.05. The molecular formula is C20H17ClN2O2S. The van der Waals surface area contributed by atoms with Crippen LogP contribution < -0.4 is 5.32 Å². The molecule has 3 aromatic rings. The van der Waals surface area contributed by atoms with Gasteiger partial charge in [-0.3, -0.25) is 0 Å². The van der Waals surface area contributed by atoms with Crippen LogP contribution in [0.25, 0.3) is 17.3 Å². The van der Waals surface area contributed by atoms with E-state index < -0.39 is 5.97 Å². The monoisotopic (exact) mass is 384 g/mol. The lowest BCUT2D eigenvalue weighted by Crippen LogP contribution is -1.99. The van der Waals surface area contributed by atoms with Gasteiger partial charge in [-0.15, -0.1) is 11.3 Å². The van der Waals surface area contributed by atoms with Crippen LogP contribution in [0.5, 0.6) is 0 Å². The molecule has 3 rings (SSSR count). The average molecular weight is 385 g/mol. The van der Waals surface area contributed by atoms with E-state index in [0.717, 1.165) is 39.2 Å². The van der Waals surface area contributed by atoms with Gasteiger partial charge < -0.3 is 10.4 Å². The van der Waals surface area contributed by atoms with Crippen molar-refractivity contribution >= 4 is 40.7 Å². The van der Waals surface area contributed by atoms with Gasteiger partial charge in [0.05, 0.1) is 12.2 Å². The number of aromatic nitrogens is 1. The van der Waals surface area contributed by atoms with Crippen LogP contribution in [0.15, 0.2) is 53.9 Å². The Morgan fingerprint density at radius 3 is 2.85 bits per heavy atom. The molecule has 0 radical (unpaired) electrons. The summed E-state index contributed by atoms with van der Waals surface area (Å²) in [6.07, 6.45) is 2.74. The third kappa shape index (κ3) is 4.50. The summed E-state index contributed by atoms with van der Waals surface area (Å²) < 4.78 is 0. The third-order valence-corrected chi connectivity index (χ3v) is 5.00. The van der Waals surface area contributed by atoms with Crippen molar-refractivity contribution in [1.82, 2.24) is 4.98 Å². The number of anilines is 1. The van der Waals surface area contributed by atoms with Crippen LogP contribution in [-0.4, -0.2) is 16.1 Å². The van der Waals surface area contributed by atoms with Crippen LogP contribution in [0.3, 0.4) is 0 Å². The SMILES string of the molecule is Cc1cc(NCc2nc(-c3ccccc3Cl)cs2)ccc1C=CC(=O)O. The molecular weight excluding hydrogens is 368 g/mol. The highest BCUT2D eigenvalue weighted by Crippen LogP contribution is 2.28. The fourth-order valence-electron chi connectivity index (χ4n) is 2.50. The lowest BCUT2D eigenvalue weighted by molar-refractivity contribution is -0.131. The predicted octanol–water partition coefficient (Wildman–Crippen LogP) is 5.48. The molecule has 132 valence electrons. The Balaban J connectivity index is 1.67. The van der Waals surface area contributed by atoms with Gasteiger partial charge in [-0.25, -0.2) is 9.78 Å². The molecule has 0 bridgehead atoms. The summed E-state index contributed by atoms with van der Waals surface area (Å²) in [5, 5.41) is 15.7. The van der Waals surface area contributed by atoms with Gasteiger partial charge in [0.2, 0.25) is 0 Å². The number of carbonyl (C=O) groups is 1. The van der Waals surface area contributed by atoms with E-state index in [9.17, 15) is 4.79 Å². The number of nitrogens with one attached hydrogen (secondary N) is 1. The van der Waals surface area contributed by atoms with E-state index in [1.807, 2.05) is 54.8 Å². The molecule has 0 spiro atoms. The van der Waals surface area contributed by atoms with Gasteiger partial charge in [-0.2, -0.15) is 0 Å². The number of rotatable bonds is 6. The molecule has 2 N–H and O–H groups in total. The first kappa shape index (κ1) is 18.2. The molecule has 4 nitrogen and oxygen atoms in total. The van der Waals surface area contributed by atoms with E-state index in [-0.39, 0.29) is 0 Å². The molecule has 6 heteroatoms. The molecule has 0 atom stereocenters. The fourth-order valence-corrected chi connectivity index (χ4v) is 3.46. The molecule has 0 saturated carbocycles. The lowest BCUT2D eigenvalue weighted by atomic mass is 10.1. The minimum Gasteiger partial charge on any atom is -0.478 e. The van der Waals surface area contributed by atoms with E-state index >= 15 is 0 Å².